The van der Waals surface area contributed by atoms with Gasteiger partial charge in [0.1, 0.15) is 5.69 Å². The van der Waals surface area contributed by atoms with E-state index < -0.39 is 5.97 Å². The van der Waals surface area contributed by atoms with Crippen molar-refractivity contribution in [1.82, 2.24) is 9.47 Å². The SMILES string of the molecule is Cc1ccc(C(=O)N2CCc3ccc(C(=O)O)cc3C2)n1C. The normalized spacial score (nSPS) is 13.8. The third-order valence-electron chi connectivity index (χ3n) is 4.34. The highest BCUT2D eigenvalue weighted by Crippen LogP contribution is 2.22. The molecule has 2 heterocycles. The van der Waals surface area contributed by atoms with Crippen LogP contribution < -0.4 is 0 Å². The highest BCUT2D eigenvalue weighted by Gasteiger charge is 2.24. The van der Waals surface area contributed by atoms with E-state index in [0.29, 0.717) is 18.8 Å². The molecule has 1 aromatic carbocycles. The molecule has 1 aliphatic rings. The quantitative estimate of drug-likeness (QED) is 0.924. The topological polar surface area (TPSA) is 62.5 Å². The maximum absolute atomic E-state index is 12.7. The first-order valence-corrected chi connectivity index (χ1v) is 7.24. The molecule has 0 atom stereocenters. The van der Waals surface area contributed by atoms with Crippen LogP contribution in [0.2, 0.25) is 0 Å². The fourth-order valence-corrected chi connectivity index (χ4v) is 2.85. The molecule has 2 aromatic rings. The summed E-state index contributed by atoms with van der Waals surface area (Å²) < 4.78 is 1.88. The number of rotatable bonds is 2. The summed E-state index contributed by atoms with van der Waals surface area (Å²) in [5, 5.41) is 9.09. The average Bonchev–Trinajstić information content (AvgIpc) is 2.85. The van der Waals surface area contributed by atoms with Gasteiger partial charge < -0.3 is 14.6 Å². The first kappa shape index (κ1) is 14.4. The van der Waals surface area contributed by atoms with Gasteiger partial charge in [-0.15, -0.1) is 0 Å². The van der Waals surface area contributed by atoms with Crippen molar-refractivity contribution < 1.29 is 14.7 Å². The van der Waals surface area contributed by atoms with Crippen LogP contribution in [0.15, 0.2) is 30.3 Å². The minimum atomic E-state index is -0.940. The molecule has 0 fully saturated rings. The van der Waals surface area contributed by atoms with Crippen LogP contribution in [0.1, 0.15) is 37.7 Å². The summed E-state index contributed by atoms with van der Waals surface area (Å²) in [4.78, 5) is 25.5. The van der Waals surface area contributed by atoms with E-state index in [0.717, 1.165) is 23.2 Å². The van der Waals surface area contributed by atoms with Crippen molar-refractivity contribution in [2.45, 2.75) is 19.9 Å². The van der Waals surface area contributed by atoms with Gasteiger partial charge in [0.15, 0.2) is 0 Å². The number of aryl methyl sites for hydroxylation is 1. The van der Waals surface area contributed by atoms with Gasteiger partial charge in [-0.2, -0.15) is 0 Å². The molecule has 0 spiro atoms. The molecule has 114 valence electrons. The number of aromatic nitrogens is 1. The van der Waals surface area contributed by atoms with Gasteiger partial charge in [0.05, 0.1) is 5.56 Å². The Labute approximate surface area is 128 Å². The second-order valence-corrected chi connectivity index (χ2v) is 5.68. The Morgan fingerprint density at radius 1 is 1.14 bits per heavy atom. The average molecular weight is 298 g/mol. The van der Waals surface area contributed by atoms with Crippen LogP contribution >= 0.6 is 0 Å². The summed E-state index contributed by atoms with van der Waals surface area (Å²) in [5.41, 5.74) is 4.01. The molecular formula is C17H18N2O3. The number of amides is 1. The Hall–Kier alpha value is -2.56. The van der Waals surface area contributed by atoms with Crippen LogP contribution in [0.3, 0.4) is 0 Å². The molecule has 22 heavy (non-hydrogen) atoms. The van der Waals surface area contributed by atoms with Crippen molar-refractivity contribution in [2.24, 2.45) is 7.05 Å². The monoisotopic (exact) mass is 298 g/mol. The number of benzene rings is 1. The maximum atomic E-state index is 12.7. The lowest BCUT2D eigenvalue weighted by Gasteiger charge is -2.29. The van der Waals surface area contributed by atoms with Gasteiger partial charge in [0.25, 0.3) is 5.91 Å². The minimum Gasteiger partial charge on any atom is -0.478 e. The number of aromatic carboxylic acids is 1. The van der Waals surface area contributed by atoms with E-state index in [2.05, 4.69) is 0 Å². The van der Waals surface area contributed by atoms with Crippen LogP contribution in [0.4, 0.5) is 0 Å². The number of hydrogen-bond acceptors (Lipinski definition) is 2. The van der Waals surface area contributed by atoms with Crippen LogP contribution in [-0.4, -0.2) is 33.0 Å². The minimum absolute atomic E-state index is 0.0121. The third-order valence-corrected chi connectivity index (χ3v) is 4.34. The summed E-state index contributed by atoms with van der Waals surface area (Å²) >= 11 is 0. The van der Waals surface area contributed by atoms with Crippen LogP contribution in [0.5, 0.6) is 0 Å². The fourth-order valence-electron chi connectivity index (χ4n) is 2.85. The summed E-state index contributed by atoms with van der Waals surface area (Å²) in [6, 6.07) is 8.91. The van der Waals surface area contributed by atoms with E-state index in [-0.39, 0.29) is 11.5 Å². The molecule has 1 aliphatic heterocycles. The Bertz CT molecular complexity index is 761. The first-order chi connectivity index (χ1) is 10.5. The lowest BCUT2D eigenvalue weighted by Crippen LogP contribution is -2.37. The molecule has 5 heteroatoms. The zero-order valence-corrected chi connectivity index (χ0v) is 12.7. The summed E-state index contributed by atoms with van der Waals surface area (Å²) in [7, 11) is 1.88. The largest absolute Gasteiger partial charge is 0.478 e. The predicted octanol–water partition coefficient (Wildman–Crippen LogP) is 2.23. The smallest absolute Gasteiger partial charge is 0.335 e. The molecule has 0 saturated carbocycles. The van der Waals surface area contributed by atoms with Gasteiger partial charge in [0.2, 0.25) is 0 Å². The Kier molecular flexibility index (Phi) is 3.48. The molecule has 1 amide bonds. The lowest BCUT2D eigenvalue weighted by atomic mass is 9.97. The summed E-state index contributed by atoms with van der Waals surface area (Å²) in [5.74, 6) is -0.953. The van der Waals surface area contributed by atoms with E-state index in [9.17, 15) is 9.59 Å². The molecule has 1 aromatic heterocycles. The van der Waals surface area contributed by atoms with E-state index in [4.69, 9.17) is 5.11 Å². The van der Waals surface area contributed by atoms with Crippen molar-refractivity contribution >= 4 is 11.9 Å². The van der Waals surface area contributed by atoms with Gasteiger partial charge in [-0.1, -0.05) is 6.07 Å². The van der Waals surface area contributed by atoms with Gasteiger partial charge >= 0.3 is 5.97 Å². The highest BCUT2D eigenvalue weighted by molar-refractivity contribution is 5.93. The standard InChI is InChI=1S/C17H18N2O3/c1-11-3-6-15(18(11)2)16(20)19-8-7-12-4-5-13(17(21)22)9-14(12)10-19/h3-6,9H,7-8,10H2,1-2H3,(H,21,22). The van der Waals surface area contributed by atoms with Crippen molar-refractivity contribution in [1.29, 1.82) is 0 Å². The van der Waals surface area contributed by atoms with Crippen LogP contribution in [0, 0.1) is 6.92 Å². The first-order valence-electron chi connectivity index (χ1n) is 7.24. The molecule has 3 rings (SSSR count). The molecule has 0 bridgehead atoms. The van der Waals surface area contributed by atoms with Gasteiger partial charge in [-0.3, -0.25) is 4.79 Å². The van der Waals surface area contributed by atoms with Crippen molar-refractivity contribution in [3.05, 3.63) is 58.4 Å². The predicted molar refractivity (Wildman–Crippen MR) is 82.0 cm³/mol. The number of carboxylic acid groups (broad SMARTS) is 1. The van der Waals surface area contributed by atoms with Crippen LogP contribution in [-0.2, 0) is 20.0 Å². The van der Waals surface area contributed by atoms with Crippen molar-refractivity contribution in [2.75, 3.05) is 6.54 Å². The number of carbonyl (C=O) groups is 2. The second-order valence-electron chi connectivity index (χ2n) is 5.68. The zero-order valence-electron chi connectivity index (χ0n) is 12.7. The molecule has 0 saturated heterocycles. The number of carboxylic acids is 1. The Morgan fingerprint density at radius 3 is 2.55 bits per heavy atom. The number of nitrogens with zero attached hydrogens (tertiary/aromatic N) is 2. The molecular weight excluding hydrogens is 280 g/mol. The summed E-state index contributed by atoms with van der Waals surface area (Å²) in [6.07, 6.45) is 0.754. The third kappa shape index (κ3) is 2.39. The fraction of sp³-hybridized carbons (Fsp3) is 0.294. The highest BCUT2D eigenvalue weighted by atomic mass is 16.4. The molecule has 1 N–H and O–H groups in total. The van der Waals surface area contributed by atoms with E-state index in [1.165, 1.54) is 0 Å². The van der Waals surface area contributed by atoms with Crippen LogP contribution in [0.25, 0.3) is 0 Å². The number of fused-ring (bicyclic) bond motifs is 1. The molecule has 0 aliphatic carbocycles. The Morgan fingerprint density at radius 2 is 1.91 bits per heavy atom. The Balaban J connectivity index is 1.87. The second kappa shape index (κ2) is 5.33. The number of hydrogen-bond donors (Lipinski definition) is 1. The molecule has 0 unspecified atom stereocenters. The van der Waals surface area contributed by atoms with E-state index >= 15 is 0 Å². The number of carbonyl (C=O) groups excluding carboxylic acids is 1. The van der Waals surface area contributed by atoms with Crippen molar-refractivity contribution in [3.63, 3.8) is 0 Å². The van der Waals surface area contributed by atoms with Gasteiger partial charge in [0, 0.05) is 25.8 Å². The van der Waals surface area contributed by atoms with E-state index in [1.807, 2.05) is 36.7 Å². The van der Waals surface area contributed by atoms with Gasteiger partial charge in [-0.05, 0) is 48.7 Å². The van der Waals surface area contributed by atoms with Crippen molar-refractivity contribution in [3.8, 4) is 0 Å². The molecule has 5 nitrogen and oxygen atoms in total. The van der Waals surface area contributed by atoms with E-state index in [1.54, 1.807) is 17.0 Å². The summed E-state index contributed by atoms with van der Waals surface area (Å²) in [6.45, 7) is 3.07. The zero-order chi connectivity index (χ0) is 15.9. The lowest BCUT2D eigenvalue weighted by molar-refractivity contribution is 0.0696. The van der Waals surface area contributed by atoms with Gasteiger partial charge in [-0.25, -0.2) is 4.79 Å². The molecule has 0 radical (unpaired) electrons. The maximum Gasteiger partial charge on any atom is 0.335 e.